The third kappa shape index (κ3) is 3.18. The molecule has 0 bridgehead atoms. The summed E-state index contributed by atoms with van der Waals surface area (Å²) < 4.78 is 0. The van der Waals surface area contributed by atoms with E-state index in [1.807, 2.05) is 7.05 Å². The highest BCUT2D eigenvalue weighted by Gasteiger charge is 2.02. The third-order valence-electron chi connectivity index (χ3n) is 2.04. The minimum Gasteiger partial charge on any atom is -0.504 e. The highest BCUT2D eigenvalue weighted by molar-refractivity contribution is 5.64. The summed E-state index contributed by atoms with van der Waals surface area (Å²) in [6.45, 7) is 5.43. The van der Waals surface area contributed by atoms with Gasteiger partial charge in [0.15, 0.2) is 11.5 Å². The molecule has 1 rings (SSSR count). The molecule has 15 heavy (non-hydrogen) atoms. The van der Waals surface area contributed by atoms with E-state index in [9.17, 15) is 5.11 Å². The van der Waals surface area contributed by atoms with Crippen LogP contribution in [-0.4, -0.2) is 30.4 Å². The zero-order valence-electron chi connectivity index (χ0n) is 8.75. The number of hydrogen-bond acceptors (Lipinski definition) is 4. The van der Waals surface area contributed by atoms with Crippen LogP contribution in [0.1, 0.15) is 5.56 Å². The smallest absolute Gasteiger partial charge is 0.158 e. The lowest BCUT2D eigenvalue weighted by molar-refractivity contribution is 0.403. The lowest BCUT2D eigenvalue weighted by Crippen LogP contribution is -2.23. The number of aromatic hydroxyl groups is 2. The Hall–Kier alpha value is -1.68. The molecule has 4 N–H and O–H groups in total. The van der Waals surface area contributed by atoms with Gasteiger partial charge >= 0.3 is 0 Å². The van der Waals surface area contributed by atoms with E-state index >= 15 is 0 Å². The zero-order chi connectivity index (χ0) is 11.3. The lowest BCUT2D eigenvalue weighted by atomic mass is 10.1. The summed E-state index contributed by atoms with van der Waals surface area (Å²) in [4.78, 5) is 0. The van der Waals surface area contributed by atoms with Gasteiger partial charge in [-0.1, -0.05) is 6.58 Å². The first-order valence-electron chi connectivity index (χ1n) is 4.75. The van der Waals surface area contributed by atoms with E-state index in [1.54, 1.807) is 6.07 Å². The van der Waals surface area contributed by atoms with Crippen LogP contribution in [0.4, 0.5) is 0 Å². The van der Waals surface area contributed by atoms with Gasteiger partial charge in [0.2, 0.25) is 0 Å². The molecule has 0 saturated heterocycles. The molecule has 0 spiro atoms. The summed E-state index contributed by atoms with van der Waals surface area (Å²) in [7, 11) is 1.87. The quantitative estimate of drug-likeness (QED) is 0.428. The largest absolute Gasteiger partial charge is 0.504 e. The molecule has 0 aromatic heterocycles. The van der Waals surface area contributed by atoms with Gasteiger partial charge in [-0.05, 0) is 25.2 Å². The van der Waals surface area contributed by atoms with Crippen LogP contribution in [-0.2, 0) is 0 Å². The summed E-state index contributed by atoms with van der Waals surface area (Å²) in [5.74, 6) is -0.258. The van der Waals surface area contributed by atoms with Crippen molar-refractivity contribution in [2.45, 2.75) is 0 Å². The van der Waals surface area contributed by atoms with Gasteiger partial charge in [0.25, 0.3) is 0 Å². The van der Waals surface area contributed by atoms with Crippen molar-refractivity contribution in [3.05, 3.63) is 30.3 Å². The minimum absolute atomic E-state index is 0.123. The van der Waals surface area contributed by atoms with Gasteiger partial charge in [0.05, 0.1) is 0 Å². The van der Waals surface area contributed by atoms with Gasteiger partial charge in [-0.3, -0.25) is 0 Å². The number of hydrogen-bond donors (Lipinski definition) is 4. The fourth-order valence-corrected chi connectivity index (χ4v) is 1.15. The van der Waals surface area contributed by atoms with Crippen molar-refractivity contribution < 1.29 is 10.2 Å². The van der Waals surface area contributed by atoms with Crippen molar-refractivity contribution in [2.24, 2.45) is 0 Å². The average Bonchev–Trinajstić information content (AvgIpc) is 2.22. The first-order valence-corrected chi connectivity index (χ1v) is 4.75. The molecule has 0 amide bonds. The molecule has 82 valence electrons. The lowest BCUT2D eigenvalue weighted by Gasteiger charge is -2.10. The Bertz CT molecular complexity index is 350. The first kappa shape index (κ1) is 11.4. The fraction of sp³-hybridized carbons (Fsp3) is 0.273. The minimum atomic E-state index is -0.135. The van der Waals surface area contributed by atoms with E-state index in [2.05, 4.69) is 17.2 Å². The number of phenols is 2. The molecule has 0 heterocycles. The predicted octanol–water partition coefficient (Wildman–Crippen LogP) is 0.877. The van der Waals surface area contributed by atoms with Crippen LogP contribution in [0.3, 0.4) is 0 Å². The van der Waals surface area contributed by atoms with E-state index in [4.69, 9.17) is 5.11 Å². The Balaban J connectivity index is 2.62. The number of likely N-dealkylation sites (N-methyl/N-ethyl adjacent to an activating group) is 1. The van der Waals surface area contributed by atoms with E-state index in [1.165, 1.54) is 12.1 Å². The Morgan fingerprint density at radius 1 is 1.27 bits per heavy atom. The molecule has 0 aliphatic rings. The molecule has 4 heteroatoms. The molecule has 0 aliphatic carbocycles. The van der Waals surface area contributed by atoms with Crippen molar-refractivity contribution in [1.82, 2.24) is 10.6 Å². The van der Waals surface area contributed by atoms with E-state index in [-0.39, 0.29) is 11.5 Å². The van der Waals surface area contributed by atoms with Crippen LogP contribution < -0.4 is 10.6 Å². The normalized spacial score (nSPS) is 9.93. The predicted molar refractivity (Wildman–Crippen MR) is 60.7 cm³/mol. The summed E-state index contributed by atoms with van der Waals surface area (Å²) in [5, 5.41) is 24.5. The Kier molecular flexibility index (Phi) is 4.00. The van der Waals surface area contributed by atoms with Crippen LogP contribution in [0.15, 0.2) is 24.8 Å². The standard InChI is InChI=1S/C11H16N2O2/c1-8(13-6-5-12-2)9-3-4-10(14)11(15)7-9/h3-4,7,12-15H,1,5-6H2,2H3. The summed E-state index contributed by atoms with van der Waals surface area (Å²) >= 11 is 0. The van der Waals surface area contributed by atoms with Crippen molar-refractivity contribution in [3.63, 3.8) is 0 Å². The van der Waals surface area contributed by atoms with Crippen LogP contribution in [0.25, 0.3) is 5.70 Å². The molecule has 0 fully saturated rings. The van der Waals surface area contributed by atoms with Crippen molar-refractivity contribution in [2.75, 3.05) is 20.1 Å². The third-order valence-corrected chi connectivity index (χ3v) is 2.04. The molecule has 0 saturated carbocycles. The van der Waals surface area contributed by atoms with Crippen LogP contribution in [0, 0.1) is 0 Å². The molecule has 4 nitrogen and oxygen atoms in total. The van der Waals surface area contributed by atoms with Crippen molar-refractivity contribution in [1.29, 1.82) is 0 Å². The number of nitrogens with one attached hydrogen (secondary N) is 2. The topological polar surface area (TPSA) is 64.5 Å². The molecule has 0 aliphatic heterocycles. The van der Waals surface area contributed by atoms with Gasteiger partial charge in [-0.2, -0.15) is 0 Å². The Morgan fingerprint density at radius 2 is 2.00 bits per heavy atom. The van der Waals surface area contributed by atoms with Crippen LogP contribution in [0.5, 0.6) is 11.5 Å². The van der Waals surface area contributed by atoms with Gasteiger partial charge in [0.1, 0.15) is 0 Å². The zero-order valence-corrected chi connectivity index (χ0v) is 8.75. The average molecular weight is 208 g/mol. The second kappa shape index (κ2) is 5.26. The maximum absolute atomic E-state index is 9.29. The van der Waals surface area contributed by atoms with E-state index in [0.29, 0.717) is 0 Å². The first-order chi connectivity index (χ1) is 7.15. The Labute approximate surface area is 89.3 Å². The van der Waals surface area contributed by atoms with E-state index < -0.39 is 0 Å². The molecule has 1 aromatic carbocycles. The van der Waals surface area contributed by atoms with Crippen molar-refractivity contribution >= 4 is 5.70 Å². The molecular weight excluding hydrogens is 192 g/mol. The van der Waals surface area contributed by atoms with Crippen LogP contribution in [0.2, 0.25) is 0 Å². The SMILES string of the molecule is C=C(NCCNC)c1ccc(O)c(O)c1. The van der Waals surface area contributed by atoms with Crippen LogP contribution >= 0.6 is 0 Å². The summed E-state index contributed by atoms with van der Waals surface area (Å²) in [6, 6.07) is 4.61. The second-order valence-electron chi connectivity index (χ2n) is 3.21. The summed E-state index contributed by atoms with van der Waals surface area (Å²) in [6.07, 6.45) is 0. The maximum Gasteiger partial charge on any atom is 0.158 e. The molecule has 0 unspecified atom stereocenters. The molecule has 0 radical (unpaired) electrons. The number of benzene rings is 1. The molecular formula is C11H16N2O2. The number of phenolic OH excluding ortho intramolecular Hbond substituents is 2. The fourth-order valence-electron chi connectivity index (χ4n) is 1.15. The number of rotatable bonds is 5. The Morgan fingerprint density at radius 3 is 2.60 bits per heavy atom. The molecule has 0 atom stereocenters. The van der Waals surface area contributed by atoms with Gasteiger partial charge in [0, 0.05) is 24.4 Å². The summed E-state index contributed by atoms with van der Waals surface area (Å²) in [5.41, 5.74) is 1.49. The van der Waals surface area contributed by atoms with E-state index in [0.717, 1.165) is 24.4 Å². The molecule has 1 aromatic rings. The monoisotopic (exact) mass is 208 g/mol. The second-order valence-corrected chi connectivity index (χ2v) is 3.21. The highest BCUT2D eigenvalue weighted by atomic mass is 16.3. The van der Waals surface area contributed by atoms with Crippen molar-refractivity contribution in [3.8, 4) is 11.5 Å². The highest BCUT2D eigenvalue weighted by Crippen LogP contribution is 2.26. The van der Waals surface area contributed by atoms with Gasteiger partial charge in [-0.25, -0.2) is 0 Å². The van der Waals surface area contributed by atoms with Gasteiger partial charge in [-0.15, -0.1) is 0 Å². The maximum atomic E-state index is 9.29. The van der Waals surface area contributed by atoms with Gasteiger partial charge < -0.3 is 20.8 Å².